The number of nitrogens with zero attached hydrogens (tertiary/aromatic N) is 5. The molecule has 0 aliphatic carbocycles. The van der Waals surface area contributed by atoms with Crippen LogP contribution in [0.15, 0.2) is 47.4 Å². The largest absolute Gasteiger partial charge is 0.389 e. The van der Waals surface area contributed by atoms with Crippen LogP contribution in [-0.2, 0) is 13.0 Å². The summed E-state index contributed by atoms with van der Waals surface area (Å²) in [6.07, 6.45) is 2.43. The Kier molecular flexibility index (Phi) is 6.34. The molecule has 0 saturated heterocycles. The molecule has 1 aliphatic heterocycles. The first-order valence-electron chi connectivity index (χ1n) is 11.4. The van der Waals surface area contributed by atoms with Crippen LogP contribution in [0.5, 0.6) is 0 Å². The van der Waals surface area contributed by atoms with Gasteiger partial charge in [-0.15, -0.1) is 0 Å². The Hall–Kier alpha value is -3.24. The third kappa shape index (κ3) is 4.87. The first kappa shape index (κ1) is 24.5. The van der Waals surface area contributed by atoms with E-state index in [9.17, 15) is 9.90 Å². The molecule has 0 saturated carbocycles. The standard InChI is InChI=1S/C25H25Cl2N7O2/c1-25(2,36)13-33-9-8-14-6-7-16(10-15(14)12-33)30-23-29-11-17-21(28)34(24(35)32-22(17)31-23)20-18(26)4-3-5-19(20)27/h3-7,10-11,36H,8-9,12-13,28H2,1-2H3,(H,30,31,32,35). The van der Waals surface area contributed by atoms with Crippen molar-refractivity contribution in [1.82, 2.24) is 24.4 Å². The molecule has 1 aliphatic rings. The fraction of sp³-hybridized carbons (Fsp3) is 0.280. The maximum absolute atomic E-state index is 12.9. The van der Waals surface area contributed by atoms with E-state index in [4.69, 9.17) is 28.9 Å². The minimum Gasteiger partial charge on any atom is -0.389 e. The fourth-order valence-corrected chi connectivity index (χ4v) is 5.05. The topological polar surface area (TPSA) is 122 Å². The van der Waals surface area contributed by atoms with E-state index in [0.717, 1.165) is 29.8 Å². The molecule has 9 nitrogen and oxygen atoms in total. The van der Waals surface area contributed by atoms with Gasteiger partial charge >= 0.3 is 5.69 Å². The van der Waals surface area contributed by atoms with Crippen LogP contribution in [0.4, 0.5) is 17.5 Å². The lowest BCUT2D eigenvalue weighted by Crippen LogP contribution is -2.41. The first-order valence-corrected chi connectivity index (χ1v) is 12.2. The van der Waals surface area contributed by atoms with E-state index in [2.05, 4.69) is 37.3 Å². The molecule has 186 valence electrons. The number of fused-ring (bicyclic) bond motifs is 2. The van der Waals surface area contributed by atoms with E-state index >= 15 is 0 Å². The van der Waals surface area contributed by atoms with Gasteiger partial charge in [0.1, 0.15) is 5.82 Å². The van der Waals surface area contributed by atoms with Crippen molar-refractivity contribution >= 4 is 51.7 Å². The van der Waals surface area contributed by atoms with Gasteiger partial charge in [-0.1, -0.05) is 35.3 Å². The quantitative estimate of drug-likeness (QED) is 0.358. The number of aromatic nitrogens is 4. The number of benzene rings is 2. The molecular weight excluding hydrogens is 501 g/mol. The Balaban J connectivity index is 1.45. The molecule has 2 aromatic carbocycles. The Bertz CT molecular complexity index is 1510. The zero-order chi connectivity index (χ0) is 25.6. The number of halogens is 2. The highest BCUT2D eigenvalue weighted by atomic mass is 35.5. The summed E-state index contributed by atoms with van der Waals surface area (Å²) in [7, 11) is 0. The van der Waals surface area contributed by atoms with Gasteiger partial charge in [0.2, 0.25) is 5.95 Å². The molecule has 0 spiro atoms. The summed E-state index contributed by atoms with van der Waals surface area (Å²) < 4.78 is 1.16. The number of aliphatic hydroxyl groups is 1. The van der Waals surface area contributed by atoms with Crippen molar-refractivity contribution in [3.05, 3.63) is 74.3 Å². The molecule has 0 fully saturated rings. The number of rotatable bonds is 5. The number of anilines is 3. The molecule has 0 amide bonds. The normalized spacial score (nSPS) is 14.1. The predicted molar refractivity (Wildman–Crippen MR) is 142 cm³/mol. The van der Waals surface area contributed by atoms with E-state index in [1.165, 1.54) is 17.3 Å². The maximum Gasteiger partial charge on any atom is 0.355 e. The molecule has 0 radical (unpaired) electrons. The van der Waals surface area contributed by atoms with Crippen LogP contribution >= 0.6 is 23.2 Å². The molecule has 2 aromatic heterocycles. The molecule has 0 unspecified atom stereocenters. The monoisotopic (exact) mass is 525 g/mol. The molecule has 4 N–H and O–H groups in total. The zero-order valence-corrected chi connectivity index (χ0v) is 21.3. The second kappa shape index (κ2) is 9.33. The Morgan fingerprint density at radius 2 is 1.89 bits per heavy atom. The summed E-state index contributed by atoms with van der Waals surface area (Å²) in [5.74, 6) is 0.374. The van der Waals surface area contributed by atoms with Gasteiger partial charge in [0.15, 0.2) is 5.65 Å². The van der Waals surface area contributed by atoms with Crippen molar-refractivity contribution in [2.45, 2.75) is 32.4 Å². The fourth-order valence-electron chi connectivity index (χ4n) is 4.49. The van der Waals surface area contributed by atoms with Gasteiger partial charge in [0.25, 0.3) is 0 Å². The lowest BCUT2D eigenvalue weighted by molar-refractivity contribution is 0.0318. The van der Waals surface area contributed by atoms with Gasteiger partial charge in [0.05, 0.1) is 26.7 Å². The van der Waals surface area contributed by atoms with Crippen molar-refractivity contribution in [3.63, 3.8) is 0 Å². The van der Waals surface area contributed by atoms with Gasteiger partial charge in [-0.2, -0.15) is 9.97 Å². The molecule has 0 atom stereocenters. The van der Waals surface area contributed by atoms with Crippen molar-refractivity contribution in [2.24, 2.45) is 0 Å². The molecule has 0 bridgehead atoms. The van der Waals surface area contributed by atoms with Crippen LogP contribution in [-0.4, -0.2) is 48.2 Å². The minimum atomic E-state index is -0.753. The van der Waals surface area contributed by atoms with Crippen LogP contribution in [0, 0.1) is 0 Å². The number of hydrogen-bond acceptors (Lipinski definition) is 8. The molecular formula is C25H25Cl2N7O2. The third-order valence-electron chi connectivity index (χ3n) is 6.00. The smallest absolute Gasteiger partial charge is 0.355 e. The lowest BCUT2D eigenvalue weighted by atomic mass is 9.97. The number of β-amino-alcohol motifs (C(OH)–C–C–N with tert-alkyl or cyclic N) is 1. The van der Waals surface area contributed by atoms with Crippen molar-refractivity contribution < 1.29 is 5.11 Å². The summed E-state index contributed by atoms with van der Waals surface area (Å²) in [6, 6.07) is 11.0. The van der Waals surface area contributed by atoms with E-state index in [-0.39, 0.29) is 33.1 Å². The van der Waals surface area contributed by atoms with Gasteiger partial charge in [-0.05, 0) is 55.7 Å². The van der Waals surface area contributed by atoms with Crippen LogP contribution in [0.2, 0.25) is 10.0 Å². The van der Waals surface area contributed by atoms with E-state index in [1.807, 2.05) is 19.9 Å². The highest BCUT2D eigenvalue weighted by Gasteiger charge is 2.23. The average molecular weight is 526 g/mol. The third-order valence-corrected chi connectivity index (χ3v) is 6.61. The molecule has 36 heavy (non-hydrogen) atoms. The number of hydrogen-bond donors (Lipinski definition) is 3. The van der Waals surface area contributed by atoms with Crippen LogP contribution in [0.3, 0.4) is 0 Å². The SMILES string of the molecule is CC(C)(O)CN1CCc2ccc(Nc3ncc4c(N)n(-c5c(Cl)cccc5Cl)c(=O)nc4n3)cc2C1. The van der Waals surface area contributed by atoms with Gasteiger partial charge in [-0.25, -0.2) is 14.3 Å². The molecule has 5 rings (SSSR count). The molecule has 11 heteroatoms. The summed E-state index contributed by atoms with van der Waals surface area (Å²) in [4.78, 5) is 28.0. The van der Waals surface area contributed by atoms with Crippen molar-refractivity contribution in [2.75, 3.05) is 24.1 Å². The van der Waals surface area contributed by atoms with Crippen LogP contribution in [0.25, 0.3) is 16.7 Å². The number of nitrogen functional groups attached to an aromatic ring is 1. The Morgan fingerprint density at radius 3 is 2.61 bits per heavy atom. The highest BCUT2D eigenvalue weighted by molar-refractivity contribution is 6.37. The summed E-state index contributed by atoms with van der Waals surface area (Å²) >= 11 is 12.6. The van der Waals surface area contributed by atoms with E-state index in [1.54, 1.807) is 18.2 Å². The summed E-state index contributed by atoms with van der Waals surface area (Å²) in [5.41, 5.74) is 8.58. The van der Waals surface area contributed by atoms with Crippen LogP contribution < -0.4 is 16.7 Å². The second-order valence-electron chi connectivity index (χ2n) is 9.50. The summed E-state index contributed by atoms with van der Waals surface area (Å²) in [5, 5.41) is 14.3. The lowest BCUT2D eigenvalue weighted by Gasteiger charge is -2.33. The number of nitrogens with two attached hydrogens (primary N) is 1. The van der Waals surface area contributed by atoms with Gasteiger partial charge in [0, 0.05) is 31.5 Å². The zero-order valence-electron chi connectivity index (χ0n) is 19.8. The van der Waals surface area contributed by atoms with Crippen molar-refractivity contribution in [3.8, 4) is 5.69 Å². The van der Waals surface area contributed by atoms with E-state index in [0.29, 0.717) is 11.9 Å². The second-order valence-corrected chi connectivity index (χ2v) is 10.3. The molecule has 3 heterocycles. The number of nitrogens with one attached hydrogen (secondary N) is 1. The molecule has 4 aromatic rings. The predicted octanol–water partition coefficient (Wildman–Crippen LogP) is 3.94. The van der Waals surface area contributed by atoms with Gasteiger partial charge in [-0.3, -0.25) is 4.90 Å². The van der Waals surface area contributed by atoms with Crippen molar-refractivity contribution in [1.29, 1.82) is 0 Å². The maximum atomic E-state index is 12.9. The van der Waals surface area contributed by atoms with E-state index < -0.39 is 11.3 Å². The Morgan fingerprint density at radius 1 is 1.14 bits per heavy atom. The van der Waals surface area contributed by atoms with Gasteiger partial charge < -0.3 is 16.2 Å². The first-order chi connectivity index (χ1) is 17.1. The average Bonchev–Trinajstić information content (AvgIpc) is 2.79. The summed E-state index contributed by atoms with van der Waals surface area (Å²) in [6.45, 7) is 5.88. The Labute approximate surface area is 217 Å². The van der Waals surface area contributed by atoms with Crippen LogP contribution in [0.1, 0.15) is 25.0 Å². The highest BCUT2D eigenvalue weighted by Crippen LogP contribution is 2.31. The number of para-hydroxylation sites is 1. The minimum absolute atomic E-state index is 0.0900.